The number of aliphatic hydroxyl groups is 1. The summed E-state index contributed by atoms with van der Waals surface area (Å²) < 4.78 is 18.6. The van der Waals surface area contributed by atoms with Crippen molar-refractivity contribution in [2.45, 2.75) is 63.8 Å². The summed E-state index contributed by atoms with van der Waals surface area (Å²) in [5.74, 6) is -0.00858. The van der Waals surface area contributed by atoms with Gasteiger partial charge in [0.25, 0.3) is 5.91 Å². The number of carbonyl (C=O) groups is 2. The maximum Gasteiger partial charge on any atom is 0.306 e. The zero-order valence-electron chi connectivity index (χ0n) is 24.9. The average molecular weight is 687 g/mol. The van der Waals surface area contributed by atoms with Gasteiger partial charge in [-0.1, -0.05) is 51.8 Å². The van der Waals surface area contributed by atoms with E-state index in [-0.39, 0.29) is 25.3 Å². The SMILES string of the molecule is CC(C)(C)OC(=O)CC[C@]1(C(=O)NNCc2ccc(Cl)cc2)N=C(c2ccc(OCCCO)cc2)O[C@H]1c1ccc(Br)cc1. The lowest BCUT2D eigenvalue weighted by molar-refractivity contribution is -0.155. The van der Waals surface area contributed by atoms with Gasteiger partial charge in [-0.25, -0.2) is 10.4 Å². The van der Waals surface area contributed by atoms with E-state index in [0.717, 1.165) is 10.0 Å². The zero-order valence-corrected chi connectivity index (χ0v) is 27.3. The van der Waals surface area contributed by atoms with Crippen molar-refractivity contribution in [1.82, 2.24) is 10.9 Å². The second kappa shape index (κ2) is 15.0. The second-order valence-electron chi connectivity index (χ2n) is 11.4. The smallest absolute Gasteiger partial charge is 0.306 e. The number of ether oxygens (including phenoxy) is 3. The molecule has 3 aromatic carbocycles. The fraction of sp³-hybridized carbons (Fsp3) is 0.364. The highest BCUT2D eigenvalue weighted by molar-refractivity contribution is 9.10. The van der Waals surface area contributed by atoms with Crippen molar-refractivity contribution in [3.05, 3.63) is 99.0 Å². The van der Waals surface area contributed by atoms with Crippen molar-refractivity contribution in [1.29, 1.82) is 0 Å². The molecule has 3 N–H and O–H groups in total. The van der Waals surface area contributed by atoms with E-state index in [1.165, 1.54) is 0 Å². The molecule has 1 heterocycles. The van der Waals surface area contributed by atoms with Crippen LogP contribution in [0, 0.1) is 0 Å². The largest absolute Gasteiger partial charge is 0.494 e. The minimum Gasteiger partial charge on any atom is -0.494 e. The first kappa shape index (κ1) is 33.5. The Balaban J connectivity index is 1.67. The molecule has 4 rings (SSSR count). The van der Waals surface area contributed by atoms with Gasteiger partial charge in [-0.15, -0.1) is 0 Å². The Morgan fingerprint density at radius 2 is 1.73 bits per heavy atom. The Bertz CT molecular complexity index is 1440. The van der Waals surface area contributed by atoms with Crippen molar-refractivity contribution in [3.8, 4) is 5.75 Å². The Morgan fingerprint density at radius 3 is 2.36 bits per heavy atom. The summed E-state index contributed by atoms with van der Waals surface area (Å²) in [5.41, 5.74) is 5.88. The first-order valence-corrected chi connectivity index (χ1v) is 15.5. The summed E-state index contributed by atoms with van der Waals surface area (Å²) in [6.07, 6.45) is -0.352. The van der Waals surface area contributed by atoms with Crippen LogP contribution in [0.3, 0.4) is 0 Å². The third kappa shape index (κ3) is 9.04. The van der Waals surface area contributed by atoms with E-state index in [1.807, 2.05) is 36.4 Å². The van der Waals surface area contributed by atoms with Gasteiger partial charge < -0.3 is 19.3 Å². The molecule has 0 saturated carbocycles. The molecule has 1 aliphatic heterocycles. The van der Waals surface area contributed by atoms with Crippen LogP contribution in [0.15, 0.2) is 82.3 Å². The summed E-state index contributed by atoms with van der Waals surface area (Å²) >= 11 is 9.48. The van der Waals surface area contributed by atoms with Gasteiger partial charge in [-0.3, -0.25) is 15.0 Å². The number of aliphatic hydroxyl groups excluding tert-OH is 1. The van der Waals surface area contributed by atoms with Gasteiger partial charge in [-0.05, 0) is 86.8 Å². The second-order valence-corrected chi connectivity index (χ2v) is 12.7. The summed E-state index contributed by atoms with van der Waals surface area (Å²) in [4.78, 5) is 32.0. The highest BCUT2D eigenvalue weighted by Gasteiger charge is 2.53. The summed E-state index contributed by atoms with van der Waals surface area (Å²) in [7, 11) is 0. The average Bonchev–Trinajstić information content (AvgIpc) is 3.38. The molecule has 0 saturated heterocycles. The van der Waals surface area contributed by atoms with Crippen LogP contribution in [0.1, 0.15) is 62.8 Å². The van der Waals surface area contributed by atoms with Gasteiger partial charge in [0.15, 0.2) is 11.6 Å². The molecule has 0 radical (unpaired) electrons. The van der Waals surface area contributed by atoms with Gasteiger partial charge in [0.05, 0.1) is 6.61 Å². The molecule has 2 atom stereocenters. The van der Waals surface area contributed by atoms with Crippen LogP contribution < -0.4 is 15.6 Å². The molecule has 234 valence electrons. The first-order chi connectivity index (χ1) is 21.0. The van der Waals surface area contributed by atoms with Crippen LogP contribution >= 0.6 is 27.5 Å². The van der Waals surface area contributed by atoms with Crippen LogP contribution in [0.2, 0.25) is 5.02 Å². The lowest BCUT2D eigenvalue weighted by atomic mass is 9.83. The molecule has 1 amide bonds. The molecule has 3 aromatic rings. The predicted molar refractivity (Wildman–Crippen MR) is 172 cm³/mol. The number of halogens is 2. The number of benzene rings is 3. The summed E-state index contributed by atoms with van der Waals surface area (Å²) in [6.45, 7) is 6.15. The molecule has 0 unspecified atom stereocenters. The van der Waals surface area contributed by atoms with E-state index in [2.05, 4.69) is 26.8 Å². The highest BCUT2D eigenvalue weighted by Crippen LogP contribution is 2.43. The van der Waals surface area contributed by atoms with Crippen molar-refractivity contribution >= 4 is 45.3 Å². The molecule has 0 aromatic heterocycles. The van der Waals surface area contributed by atoms with Crippen LogP contribution in [0.25, 0.3) is 0 Å². The fourth-order valence-electron chi connectivity index (χ4n) is 4.63. The number of carbonyl (C=O) groups excluding carboxylic acids is 2. The minimum absolute atomic E-state index is 0.0307. The molecule has 0 spiro atoms. The third-order valence-electron chi connectivity index (χ3n) is 6.74. The van der Waals surface area contributed by atoms with Crippen molar-refractivity contribution in [3.63, 3.8) is 0 Å². The van der Waals surface area contributed by atoms with Gasteiger partial charge in [0.1, 0.15) is 11.4 Å². The number of hydrogen-bond donors (Lipinski definition) is 3. The molecule has 0 aliphatic carbocycles. The van der Waals surface area contributed by atoms with Gasteiger partial charge in [0, 0.05) is 41.1 Å². The van der Waals surface area contributed by atoms with E-state index in [4.69, 9.17) is 35.9 Å². The lowest BCUT2D eigenvalue weighted by Gasteiger charge is -2.31. The van der Waals surface area contributed by atoms with E-state index in [9.17, 15) is 9.59 Å². The quantitative estimate of drug-likeness (QED) is 0.114. The van der Waals surface area contributed by atoms with E-state index in [1.54, 1.807) is 57.2 Å². The Labute approximate surface area is 271 Å². The van der Waals surface area contributed by atoms with Gasteiger partial charge in [0.2, 0.25) is 5.90 Å². The number of esters is 1. The van der Waals surface area contributed by atoms with Crippen LogP contribution in [-0.2, 0) is 25.6 Å². The number of nitrogens with one attached hydrogen (secondary N) is 2. The number of nitrogens with zero attached hydrogens (tertiary/aromatic N) is 1. The molecule has 9 nitrogen and oxygen atoms in total. The molecule has 1 aliphatic rings. The number of hydrogen-bond acceptors (Lipinski definition) is 8. The topological polar surface area (TPSA) is 118 Å². The van der Waals surface area contributed by atoms with Gasteiger partial charge in [-0.2, -0.15) is 0 Å². The van der Waals surface area contributed by atoms with Crippen LogP contribution in [-0.4, -0.2) is 47.2 Å². The monoisotopic (exact) mass is 685 g/mol. The predicted octanol–water partition coefficient (Wildman–Crippen LogP) is 6.06. The standard InChI is InChI=1S/C33H37BrClN3O6/c1-32(2,3)44-28(40)17-18-33(31(41)38-36-21-22-5-13-26(35)14-6-22)29(23-7-11-25(34)12-8-23)43-30(37-33)24-9-15-27(16-10-24)42-20-4-19-39/h5-16,29,36,39H,4,17-21H2,1-3H3,(H,38,41)/t29-,33-/m0/s1. The third-order valence-corrected chi connectivity index (χ3v) is 7.52. The maximum atomic E-state index is 14.2. The summed E-state index contributed by atoms with van der Waals surface area (Å²) in [5, 5.41) is 9.65. The van der Waals surface area contributed by atoms with E-state index < -0.39 is 29.1 Å². The number of hydrazine groups is 1. The maximum absolute atomic E-state index is 14.2. The van der Waals surface area contributed by atoms with Crippen molar-refractivity contribution < 1.29 is 28.9 Å². The van der Waals surface area contributed by atoms with Crippen LogP contribution in [0.5, 0.6) is 5.75 Å². The van der Waals surface area contributed by atoms with Crippen molar-refractivity contribution in [2.24, 2.45) is 4.99 Å². The lowest BCUT2D eigenvalue weighted by Crippen LogP contribution is -2.52. The highest BCUT2D eigenvalue weighted by atomic mass is 79.9. The summed E-state index contributed by atoms with van der Waals surface area (Å²) in [6, 6.07) is 21.9. The molecule has 0 bridgehead atoms. The molecule has 11 heteroatoms. The molecular weight excluding hydrogens is 650 g/mol. The number of rotatable bonds is 13. The minimum atomic E-state index is -1.51. The Hall–Kier alpha value is -3.44. The van der Waals surface area contributed by atoms with Crippen LogP contribution in [0.4, 0.5) is 0 Å². The van der Waals surface area contributed by atoms with Gasteiger partial charge >= 0.3 is 5.97 Å². The Morgan fingerprint density at radius 1 is 1.05 bits per heavy atom. The first-order valence-electron chi connectivity index (χ1n) is 14.3. The number of amides is 1. The van der Waals surface area contributed by atoms with E-state index in [0.29, 0.717) is 41.5 Å². The van der Waals surface area contributed by atoms with E-state index >= 15 is 0 Å². The fourth-order valence-corrected chi connectivity index (χ4v) is 5.02. The normalized spacial score (nSPS) is 17.9. The zero-order chi connectivity index (χ0) is 31.7. The number of aliphatic imine (C=N–C) groups is 1. The molecule has 0 fully saturated rings. The molecule has 44 heavy (non-hydrogen) atoms. The van der Waals surface area contributed by atoms with Crippen molar-refractivity contribution in [2.75, 3.05) is 13.2 Å². The Kier molecular flexibility index (Phi) is 11.4. The molecular formula is C33H37BrClN3O6.